The number of hydrogen-bond donors (Lipinski definition) is 1. The molecule has 0 aliphatic carbocycles. The number of aryl methyl sites for hydroxylation is 1. The van der Waals surface area contributed by atoms with Crippen LogP contribution >= 0.6 is 0 Å². The highest BCUT2D eigenvalue weighted by atomic mass is 16.5. The summed E-state index contributed by atoms with van der Waals surface area (Å²) in [6, 6.07) is 6.60. The Balaban J connectivity index is 1.76. The lowest BCUT2D eigenvalue weighted by molar-refractivity contribution is 0.0696. The minimum atomic E-state index is -0.948. The van der Waals surface area contributed by atoms with Crippen LogP contribution in [0.1, 0.15) is 21.6 Å². The van der Waals surface area contributed by atoms with Gasteiger partial charge in [-0.2, -0.15) is 0 Å². The molecule has 0 fully saturated rings. The van der Waals surface area contributed by atoms with Crippen molar-refractivity contribution in [1.82, 2.24) is 14.4 Å². The van der Waals surface area contributed by atoms with E-state index in [0.29, 0.717) is 18.1 Å². The first-order chi connectivity index (χ1) is 10.1. The van der Waals surface area contributed by atoms with Crippen molar-refractivity contribution < 1.29 is 14.6 Å². The van der Waals surface area contributed by atoms with Crippen LogP contribution in [0.25, 0.3) is 5.78 Å². The number of carbonyl (C=O) groups is 1. The molecule has 3 rings (SSSR count). The van der Waals surface area contributed by atoms with Gasteiger partial charge in [0.1, 0.15) is 12.4 Å². The van der Waals surface area contributed by atoms with Gasteiger partial charge < -0.3 is 9.84 Å². The molecule has 6 nitrogen and oxygen atoms in total. The van der Waals surface area contributed by atoms with Gasteiger partial charge in [0, 0.05) is 18.6 Å². The number of aromatic carboxylic acids is 1. The number of carboxylic acid groups (broad SMARTS) is 1. The summed E-state index contributed by atoms with van der Waals surface area (Å²) >= 11 is 0. The normalized spacial score (nSPS) is 10.7. The van der Waals surface area contributed by atoms with Crippen molar-refractivity contribution in [2.24, 2.45) is 0 Å². The van der Waals surface area contributed by atoms with E-state index in [4.69, 9.17) is 9.84 Å². The average molecular weight is 283 g/mol. The fourth-order valence-corrected chi connectivity index (χ4v) is 2.05. The van der Waals surface area contributed by atoms with Crippen LogP contribution in [0.2, 0.25) is 0 Å². The first kappa shape index (κ1) is 13.1. The fourth-order valence-electron chi connectivity index (χ4n) is 2.05. The Morgan fingerprint density at radius 2 is 2.29 bits per heavy atom. The lowest BCUT2D eigenvalue weighted by Crippen LogP contribution is -2.00. The molecule has 0 aliphatic heterocycles. The van der Waals surface area contributed by atoms with Crippen LogP contribution in [0.15, 0.2) is 42.9 Å². The summed E-state index contributed by atoms with van der Waals surface area (Å²) in [5.41, 5.74) is 1.78. The topological polar surface area (TPSA) is 76.7 Å². The summed E-state index contributed by atoms with van der Waals surface area (Å²) in [7, 11) is 0. The molecule has 0 saturated carbocycles. The molecule has 21 heavy (non-hydrogen) atoms. The maximum atomic E-state index is 10.9. The number of nitrogens with zero attached hydrogens (tertiary/aromatic N) is 3. The molecule has 1 aromatic carbocycles. The summed E-state index contributed by atoms with van der Waals surface area (Å²) in [4.78, 5) is 19.4. The lowest BCUT2D eigenvalue weighted by Gasteiger charge is -2.08. The van der Waals surface area contributed by atoms with Gasteiger partial charge in [0.25, 0.3) is 0 Å². The second kappa shape index (κ2) is 5.24. The zero-order valence-electron chi connectivity index (χ0n) is 11.4. The number of benzene rings is 1. The number of hydrogen-bond acceptors (Lipinski definition) is 4. The molecule has 1 N–H and O–H groups in total. The highest BCUT2D eigenvalue weighted by Crippen LogP contribution is 2.20. The molecule has 0 saturated heterocycles. The van der Waals surface area contributed by atoms with Crippen molar-refractivity contribution in [3.63, 3.8) is 0 Å². The summed E-state index contributed by atoms with van der Waals surface area (Å²) in [6.45, 7) is 2.11. The Morgan fingerprint density at radius 3 is 3.00 bits per heavy atom. The van der Waals surface area contributed by atoms with E-state index in [1.54, 1.807) is 18.3 Å². The van der Waals surface area contributed by atoms with Gasteiger partial charge in [-0.05, 0) is 36.8 Å². The second-order valence-corrected chi connectivity index (χ2v) is 4.63. The van der Waals surface area contributed by atoms with Gasteiger partial charge in [0.15, 0.2) is 0 Å². The van der Waals surface area contributed by atoms with E-state index in [-0.39, 0.29) is 5.56 Å². The number of imidazole rings is 1. The SMILES string of the molecule is Cc1cc(C(=O)O)ccc1OCc1cn2cccnc2n1. The molecule has 0 amide bonds. The van der Waals surface area contributed by atoms with Gasteiger partial charge in [-0.1, -0.05) is 0 Å². The third-order valence-electron chi connectivity index (χ3n) is 3.08. The van der Waals surface area contributed by atoms with Gasteiger partial charge in [0.05, 0.1) is 11.3 Å². The van der Waals surface area contributed by atoms with Crippen LogP contribution in [0.3, 0.4) is 0 Å². The smallest absolute Gasteiger partial charge is 0.335 e. The van der Waals surface area contributed by atoms with Crippen molar-refractivity contribution in [3.05, 3.63) is 59.7 Å². The zero-order valence-corrected chi connectivity index (χ0v) is 11.4. The molecule has 106 valence electrons. The van der Waals surface area contributed by atoms with Crippen LogP contribution in [0.5, 0.6) is 5.75 Å². The van der Waals surface area contributed by atoms with E-state index in [1.807, 2.05) is 29.8 Å². The Bertz CT molecular complexity index is 778. The third-order valence-corrected chi connectivity index (χ3v) is 3.08. The minimum absolute atomic E-state index is 0.247. The predicted octanol–water partition coefficient (Wildman–Crippen LogP) is 2.31. The molecule has 2 aromatic heterocycles. The largest absolute Gasteiger partial charge is 0.487 e. The highest BCUT2D eigenvalue weighted by Gasteiger charge is 2.08. The van der Waals surface area contributed by atoms with Crippen molar-refractivity contribution in [1.29, 1.82) is 0 Å². The molecule has 3 aromatic rings. The summed E-state index contributed by atoms with van der Waals surface area (Å²) < 4.78 is 7.51. The number of aromatic nitrogens is 3. The maximum absolute atomic E-state index is 10.9. The highest BCUT2D eigenvalue weighted by molar-refractivity contribution is 5.88. The number of rotatable bonds is 4. The molecule has 0 unspecified atom stereocenters. The lowest BCUT2D eigenvalue weighted by atomic mass is 10.1. The Morgan fingerprint density at radius 1 is 1.43 bits per heavy atom. The Labute approximate surface area is 120 Å². The quantitative estimate of drug-likeness (QED) is 0.795. The van der Waals surface area contributed by atoms with Gasteiger partial charge in [0.2, 0.25) is 5.78 Å². The van der Waals surface area contributed by atoms with Gasteiger partial charge in [-0.15, -0.1) is 0 Å². The van der Waals surface area contributed by atoms with Gasteiger partial charge in [-0.3, -0.25) is 4.40 Å². The van der Waals surface area contributed by atoms with Crippen molar-refractivity contribution >= 4 is 11.7 Å². The Kier molecular flexibility index (Phi) is 3.27. The molecular formula is C15H13N3O3. The molecule has 6 heteroatoms. The zero-order chi connectivity index (χ0) is 14.8. The van der Waals surface area contributed by atoms with E-state index in [1.165, 1.54) is 6.07 Å². The van der Waals surface area contributed by atoms with Crippen LogP contribution in [-0.4, -0.2) is 25.4 Å². The predicted molar refractivity (Wildman–Crippen MR) is 75.5 cm³/mol. The van der Waals surface area contributed by atoms with Crippen LogP contribution in [-0.2, 0) is 6.61 Å². The fraction of sp³-hybridized carbons (Fsp3) is 0.133. The van der Waals surface area contributed by atoms with Crippen LogP contribution in [0.4, 0.5) is 0 Å². The summed E-state index contributed by atoms with van der Waals surface area (Å²) in [6.07, 6.45) is 5.40. The maximum Gasteiger partial charge on any atom is 0.335 e. The number of carboxylic acids is 1. The van der Waals surface area contributed by atoms with E-state index in [9.17, 15) is 4.79 Å². The van der Waals surface area contributed by atoms with Crippen LogP contribution in [0, 0.1) is 6.92 Å². The summed E-state index contributed by atoms with van der Waals surface area (Å²) in [5, 5.41) is 8.93. The van der Waals surface area contributed by atoms with E-state index < -0.39 is 5.97 Å². The Hall–Kier alpha value is -2.89. The van der Waals surface area contributed by atoms with E-state index in [2.05, 4.69) is 9.97 Å². The first-order valence-corrected chi connectivity index (χ1v) is 6.39. The number of fused-ring (bicyclic) bond motifs is 1. The molecule has 0 atom stereocenters. The first-order valence-electron chi connectivity index (χ1n) is 6.39. The molecule has 0 spiro atoms. The van der Waals surface area contributed by atoms with Crippen molar-refractivity contribution in [3.8, 4) is 5.75 Å². The molecule has 0 bridgehead atoms. The third kappa shape index (κ3) is 2.69. The molecule has 0 aliphatic rings. The minimum Gasteiger partial charge on any atom is -0.487 e. The van der Waals surface area contributed by atoms with Crippen molar-refractivity contribution in [2.45, 2.75) is 13.5 Å². The molecule has 0 radical (unpaired) electrons. The second-order valence-electron chi connectivity index (χ2n) is 4.63. The monoisotopic (exact) mass is 283 g/mol. The van der Waals surface area contributed by atoms with Gasteiger partial charge >= 0.3 is 5.97 Å². The standard InChI is InChI=1S/C15H13N3O3/c1-10-7-11(14(19)20)3-4-13(10)21-9-12-8-18-6-2-5-16-15(18)17-12/h2-8H,9H2,1H3,(H,19,20). The average Bonchev–Trinajstić information content (AvgIpc) is 2.88. The molecule has 2 heterocycles. The number of ether oxygens (including phenoxy) is 1. The van der Waals surface area contributed by atoms with Gasteiger partial charge in [-0.25, -0.2) is 14.8 Å². The van der Waals surface area contributed by atoms with E-state index in [0.717, 1.165) is 11.3 Å². The summed E-state index contributed by atoms with van der Waals surface area (Å²) in [5.74, 6) is 0.315. The van der Waals surface area contributed by atoms with E-state index >= 15 is 0 Å². The van der Waals surface area contributed by atoms with Crippen molar-refractivity contribution in [2.75, 3.05) is 0 Å². The van der Waals surface area contributed by atoms with Crippen LogP contribution < -0.4 is 4.74 Å². The molecular weight excluding hydrogens is 270 g/mol.